The zero-order chi connectivity index (χ0) is 24.4. The van der Waals surface area contributed by atoms with Crippen LogP contribution in [0.5, 0.6) is 5.75 Å². The molecular weight excluding hydrogens is 458 g/mol. The quantitative estimate of drug-likeness (QED) is 0.571. The third-order valence-corrected chi connectivity index (χ3v) is 8.41. The second-order valence-electron chi connectivity index (χ2n) is 10.4. The normalized spacial score (nSPS) is 23.2. The highest BCUT2D eigenvalue weighted by molar-refractivity contribution is 6.05. The Morgan fingerprint density at radius 3 is 2.81 bits per heavy atom. The summed E-state index contributed by atoms with van der Waals surface area (Å²) in [6.07, 6.45) is 8.43. The topological polar surface area (TPSA) is 96.2 Å². The van der Waals surface area contributed by atoms with E-state index in [9.17, 15) is 14.4 Å². The van der Waals surface area contributed by atoms with E-state index in [0.29, 0.717) is 25.1 Å². The van der Waals surface area contributed by atoms with Crippen molar-refractivity contribution >= 4 is 23.4 Å². The number of imidazole rings is 1. The molecule has 1 unspecified atom stereocenters. The van der Waals surface area contributed by atoms with Crippen molar-refractivity contribution in [3.63, 3.8) is 0 Å². The van der Waals surface area contributed by atoms with Gasteiger partial charge in [-0.05, 0) is 56.1 Å². The average molecular weight is 486 g/mol. The summed E-state index contributed by atoms with van der Waals surface area (Å²) in [6, 6.07) is 7.66. The molecule has 1 atom stereocenters. The lowest BCUT2D eigenvalue weighted by Gasteiger charge is -2.38. The minimum atomic E-state index is -0.613. The highest BCUT2D eigenvalue weighted by atomic mass is 16.5. The Kier molecular flexibility index (Phi) is 4.73. The minimum absolute atomic E-state index is 0.0427. The molecule has 2 fully saturated rings. The Morgan fingerprint density at radius 1 is 1.11 bits per heavy atom. The summed E-state index contributed by atoms with van der Waals surface area (Å²) in [7, 11) is 0. The Bertz CT molecular complexity index is 1420. The molecule has 1 aromatic carbocycles. The number of hydrogen-bond donors (Lipinski definition) is 1. The number of imide groups is 1. The van der Waals surface area contributed by atoms with Gasteiger partial charge in [0, 0.05) is 53.7 Å². The lowest BCUT2D eigenvalue weighted by Crippen LogP contribution is -2.52. The lowest BCUT2D eigenvalue weighted by atomic mass is 9.74. The number of carbonyl (C=O) groups is 3. The molecule has 4 aliphatic rings. The van der Waals surface area contributed by atoms with Crippen LogP contribution in [-0.4, -0.2) is 62.6 Å². The van der Waals surface area contributed by atoms with Crippen LogP contribution in [0, 0.1) is 0 Å². The number of benzene rings is 1. The van der Waals surface area contributed by atoms with Crippen molar-refractivity contribution in [3.8, 4) is 5.75 Å². The Labute approximate surface area is 208 Å². The minimum Gasteiger partial charge on any atom is -0.492 e. The van der Waals surface area contributed by atoms with Gasteiger partial charge in [0.1, 0.15) is 17.4 Å². The average Bonchev–Trinajstić information content (AvgIpc) is 3.57. The molecule has 7 rings (SSSR count). The van der Waals surface area contributed by atoms with Crippen LogP contribution in [0.2, 0.25) is 0 Å². The van der Waals surface area contributed by atoms with Gasteiger partial charge in [0.2, 0.25) is 11.8 Å². The zero-order valence-corrected chi connectivity index (χ0v) is 19.9. The van der Waals surface area contributed by atoms with Gasteiger partial charge in [-0.25, -0.2) is 4.98 Å². The second kappa shape index (κ2) is 7.89. The molecule has 0 saturated carbocycles. The summed E-state index contributed by atoms with van der Waals surface area (Å²) in [5.41, 5.74) is 4.87. The molecule has 4 aliphatic heterocycles. The predicted octanol–water partition coefficient (Wildman–Crippen LogP) is 2.02. The van der Waals surface area contributed by atoms with E-state index in [-0.39, 0.29) is 29.6 Å². The van der Waals surface area contributed by atoms with Crippen LogP contribution in [0.3, 0.4) is 0 Å². The first-order valence-corrected chi connectivity index (χ1v) is 12.6. The third-order valence-electron chi connectivity index (χ3n) is 8.41. The predicted molar refractivity (Wildman–Crippen MR) is 129 cm³/mol. The molecular formula is C27H27N5O4. The number of likely N-dealkylation sites (tertiary alicyclic amines) is 1. The maximum absolute atomic E-state index is 13.2. The molecule has 3 amide bonds. The fourth-order valence-corrected chi connectivity index (χ4v) is 6.35. The van der Waals surface area contributed by atoms with Gasteiger partial charge in [-0.1, -0.05) is 6.07 Å². The summed E-state index contributed by atoms with van der Waals surface area (Å²) in [5, 5.41) is 2.37. The smallest absolute Gasteiger partial charge is 0.255 e. The lowest BCUT2D eigenvalue weighted by molar-refractivity contribution is -0.136. The highest BCUT2D eigenvalue weighted by Crippen LogP contribution is 2.49. The van der Waals surface area contributed by atoms with Crippen molar-refractivity contribution in [3.05, 3.63) is 65.1 Å². The van der Waals surface area contributed by atoms with Crippen LogP contribution in [0.1, 0.15) is 52.7 Å². The van der Waals surface area contributed by atoms with Crippen LogP contribution in [-0.2, 0) is 28.1 Å². The number of pyridine rings is 1. The van der Waals surface area contributed by atoms with Gasteiger partial charge in [0.05, 0.1) is 13.2 Å². The van der Waals surface area contributed by atoms with E-state index >= 15 is 0 Å². The van der Waals surface area contributed by atoms with Crippen molar-refractivity contribution < 1.29 is 19.1 Å². The molecule has 184 valence electrons. The van der Waals surface area contributed by atoms with E-state index < -0.39 is 6.04 Å². The summed E-state index contributed by atoms with van der Waals surface area (Å²) >= 11 is 0. The zero-order valence-electron chi connectivity index (χ0n) is 19.9. The van der Waals surface area contributed by atoms with Gasteiger partial charge in [-0.2, -0.15) is 0 Å². The Balaban J connectivity index is 1.08. The van der Waals surface area contributed by atoms with E-state index in [1.165, 1.54) is 11.1 Å². The van der Waals surface area contributed by atoms with Gasteiger partial charge >= 0.3 is 0 Å². The third kappa shape index (κ3) is 3.26. The highest BCUT2D eigenvalue weighted by Gasteiger charge is 2.47. The number of nitrogens with one attached hydrogen (secondary N) is 1. The molecule has 9 heteroatoms. The van der Waals surface area contributed by atoms with Crippen LogP contribution in [0.15, 0.2) is 42.9 Å². The number of amides is 3. The van der Waals surface area contributed by atoms with E-state index in [0.717, 1.165) is 49.4 Å². The first-order valence-electron chi connectivity index (χ1n) is 12.6. The maximum Gasteiger partial charge on any atom is 0.255 e. The molecule has 0 radical (unpaired) electrons. The molecule has 9 nitrogen and oxygen atoms in total. The summed E-state index contributed by atoms with van der Waals surface area (Å²) in [5.74, 6) is 0.00525. The second-order valence-corrected chi connectivity index (χ2v) is 10.4. The number of nitrogens with zero attached hydrogens (tertiary/aromatic N) is 4. The Morgan fingerprint density at radius 2 is 1.97 bits per heavy atom. The number of piperidine rings is 2. The fraction of sp³-hybridized carbons (Fsp3) is 0.407. The summed E-state index contributed by atoms with van der Waals surface area (Å²) in [6.45, 7) is 3.82. The molecule has 0 aliphatic carbocycles. The molecule has 6 heterocycles. The molecule has 2 saturated heterocycles. The number of aromatic nitrogens is 2. The molecule has 1 spiro atoms. The maximum atomic E-state index is 13.2. The van der Waals surface area contributed by atoms with Gasteiger partial charge in [0.15, 0.2) is 0 Å². The molecule has 0 bridgehead atoms. The standard InChI is InChI=1S/C27H27N5O4/c33-23-4-3-21(25(34)29-23)32-15-19-18(26(32)35)1-2-20-24(19)36-16-27(20)6-10-30(11-7-27)14-17-5-9-31-12-8-28-22(31)13-17/h1-2,5,8-9,12-13,21H,3-4,6-7,10-11,14-16H2,(H,29,33,34). The molecule has 3 aromatic rings. The van der Waals surface area contributed by atoms with Gasteiger partial charge in [0.25, 0.3) is 5.91 Å². The molecule has 1 N–H and O–H groups in total. The van der Waals surface area contributed by atoms with E-state index in [1.807, 2.05) is 22.9 Å². The number of fused-ring (bicyclic) bond motifs is 5. The number of ether oxygens (including phenoxy) is 1. The molecule has 36 heavy (non-hydrogen) atoms. The van der Waals surface area contributed by atoms with Crippen molar-refractivity contribution in [1.29, 1.82) is 0 Å². The number of hydrogen-bond acceptors (Lipinski definition) is 6. The first-order chi connectivity index (χ1) is 17.5. The van der Waals surface area contributed by atoms with E-state index in [1.54, 1.807) is 4.90 Å². The van der Waals surface area contributed by atoms with E-state index in [2.05, 4.69) is 39.6 Å². The van der Waals surface area contributed by atoms with Crippen molar-refractivity contribution in [2.45, 2.75) is 50.2 Å². The van der Waals surface area contributed by atoms with Crippen LogP contribution in [0.25, 0.3) is 5.65 Å². The van der Waals surface area contributed by atoms with Crippen LogP contribution >= 0.6 is 0 Å². The van der Waals surface area contributed by atoms with Crippen molar-refractivity contribution in [2.75, 3.05) is 19.7 Å². The van der Waals surface area contributed by atoms with Crippen molar-refractivity contribution in [1.82, 2.24) is 24.5 Å². The van der Waals surface area contributed by atoms with E-state index in [4.69, 9.17) is 4.74 Å². The summed E-state index contributed by atoms with van der Waals surface area (Å²) < 4.78 is 8.31. The summed E-state index contributed by atoms with van der Waals surface area (Å²) in [4.78, 5) is 45.6. The number of rotatable bonds is 3. The van der Waals surface area contributed by atoms with Crippen molar-refractivity contribution in [2.24, 2.45) is 0 Å². The van der Waals surface area contributed by atoms with Crippen LogP contribution in [0.4, 0.5) is 0 Å². The fourth-order valence-electron chi connectivity index (χ4n) is 6.35. The molecule has 2 aromatic heterocycles. The van der Waals surface area contributed by atoms with Gasteiger partial charge < -0.3 is 14.0 Å². The number of carbonyl (C=O) groups excluding carboxylic acids is 3. The Hall–Kier alpha value is -3.72. The largest absolute Gasteiger partial charge is 0.492 e. The SMILES string of the molecule is O=C1CCC(N2Cc3c(ccc4c3OCC43CCN(Cc4ccn5ccnc5c4)CC3)C2=O)C(=O)N1. The van der Waals surface area contributed by atoms with Gasteiger partial charge in [-0.3, -0.25) is 24.6 Å². The monoisotopic (exact) mass is 485 g/mol. The van der Waals surface area contributed by atoms with Gasteiger partial charge in [-0.15, -0.1) is 0 Å². The van der Waals surface area contributed by atoms with Crippen LogP contribution < -0.4 is 10.1 Å². The first kappa shape index (κ1) is 21.6.